The van der Waals surface area contributed by atoms with Crippen molar-refractivity contribution >= 4 is 33.5 Å². The smallest absolute Gasteiger partial charge is 0.343 e. The Labute approximate surface area is 116 Å². The van der Waals surface area contributed by atoms with Gasteiger partial charge in [0.1, 0.15) is 11.6 Å². The summed E-state index contributed by atoms with van der Waals surface area (Å²) in [4.78, 5) is 11.7. The Morgan fingerprint density at radius 2 is 1.83 bits per heavy atom. The molecule has 0 fully saturated rings. The highest BCUT2D eigenvalue weighted by Crippen LogP contribution is 2.28. The molecule has 0 N–H and O–H groups in total. The van der Waals surface area contributed by atoms with E-state index in [1.807, 2.05) is 0 Å². The molecule has 0 spiro atoms. The number of esters is 1. The van der Waals surface area contributed by atoms with Gasteiger partial charge in [-0.1, -0.05) is 27.5 Å². The Morgan fingerprint density at radius 1 is 1.17 bits per heavy atom. The molecule has 2 rings (SSSR count). The Balaban J connectivity index is 2.18. The molecule has 0 atom stereocenters. The van der Waals surface area contributed by atoms with Gasteiger partial charge in [-0.2, -0.15) is 0 Å². The summed E-state index contributed by atoms with van der Waals surface area (Å²) in [6, 6.07) is 10.00. The fourth-order valence-electron chi connectivity index (χ4n) is 1.30. The van der Waals surface area contributed by atoms with Crippen LogP contribution < -0.4 is 4.74 Å². The number of hydrogen-bond donors (Lipinski definition) is 0. The standard InChI is InChI=1S/C13H7BrClFO2/c14-9-3-6-12(11(15)7-9)18-13(17)8-1-4-10(16)5-2-8/h1-7H. The van der Waals surface area contributed by atoms with E-state index < -0.39 is 11.8 Å². The van der Waals surface area contributed by atoms with Gasteiger partial charge in [0.2, 0.25) is 0 Å². The van der Waals surface area contributed by atoms with Crippen molar-refractivity contribution in [2.24, 2.45) is 0 Å². The van der Waals surface area contributed by atoms with Gasteiger partial charge in [-0.25, -0.2) is 9.18 Å². The first kappa shape index (κ1) is 13.1. The van der Waals surface area contributed by atoms with Crippen molar-refractivity contribution in [2.45, 2.75) is 0 Å². The van der Waals surface area contributed by atoms with Crippen molar-refractivity contribution in [3.8, 4) is 5.75 Å². The zero-order valence-corrected chi connectivity index (χ0v) is 11.3. The molecule has 2 aromatic carbocycles. The van der Waals surface area contributed by atoms with Gasteiger partial charge in [-0.3, -0.25) is 0 Å². The average molecular weight is 330 g/mol. The summed E-state index contributed by atoms with van der Waals surface area (Å²) in [5.41, 5.74) is 0.260. The van der Waals surface area contributed by atoms with Crippen LogP contribution in [0.15, 0.2) is 46.9 Å². The highest BCUT2D eigenvalue weighted by atomic mass is 79.9. The lowest BCUT2D eigenvalue weighted by Crippen LogP contribution is -2.08. The van der Waals surface area contributed by atoms with E-state index in [-0.39, 0.29) is 11.3 Å². The van der Waals surface area contributed by atoms with Crippen LogP contribution in [-0.2, 0) is 0 Å². The second-order valence-corrected chi connectivity index (χ2v) is 4.79. The normalized spacial score (nSPS) is 10.2. The summed E-state index contributed by atoms with van der Waals surface area (Å²) in [6.07, 6.45) is 0. The topological polar surface area (TPSA) is 26.3 Å². The molecule has 0 aliphatic carbocycles. The number of benzene rings is 2. The molecule has 0 bridgehead atoms. The molecule has 0 aliphatic heterocycles. The van der Waals surface area contributed by atoms with Crippen LogP contribution in [0.4, 0.5) is 4.39 Å². The summed E-state index contributed by atoms with van der Waals surface area (Å²) in [5.74, 6) is -0.735. The third-order valence-corrected chi connectivity index (χ3v) is 2.97. The molecule has 0 aromatic heterocycles. The van der Waals surface area contributed by atoms with Crippen molar-refractivity contribution in [1.82, 2.24) is 0 Å². The molecule has 0 saturated heterocycles. The maximum absolute atomic E-state index is 12.7. The quantitative estimate of drug-likeness (QED) is 0.600. The SMILES string of the molecule is O=C(Oc1ccc(Br)cc1Cl)c1ccc(F)cc1. The summed E-state index contributed by atoms with van der Waals surface area (Å²) >= 11 is 9.17. The minimum absolute atomic E-state index is 0.259. The maximum Gasteiger partial charge on any atom is 0.343 e. The zero-order chi connectivity index (χ0) is 13.1. The molecular weight excluding hydrogens is 322 g/mol. The number of hydrogen-bond acceptors (Lipinski definition) is 2. The minimum atomic E-state index is -0.584. The molecule has 2 nitrogen and oxygen atoms in total. The van der Waals surface area contributed by atoms with Gasteiger partial charge in [0, 0.05) is 4.47 Å². The predicted octanol–water partition coefficient (Wildman–Crippen LogP) is 4.46. The van der Waals surface area contributed by atoms with Gasteiger partial charge in [0.25, 0.3) is 0 Å². The molecular formula is C13H7BrClFO2. The molecule has 0 saturated carbocycles. The second-order valence-electron chi connectivity index (χ2n) is 3.47. The Bertz CT molecular complexity index is 584. The van der Waals surface area contributed by atoms with Crippen molar-refractivity contribution in [2.75, 3.05) is 0 Å². The molecule has 5 heteroatoms. The first-order chi connectivity index (χ1) is 8.56. The van der Waals surface area contributed by atoms with Gasteiger partial charge in [0.05, 0.1) is 10.6 Å². The predicted molar refractivity (Wildman–Crippen MR) is 70.5 cm³/mol. The van der Waals surface area contributed by atoms with Crippen LogP contribution in [0, 0.1) is 5.82 Å². The zero-order valence-electron chi connectivity index (χ0n) is 8.99. The number of carbonyl (C=O) groups is 1. The highest BCUT2D eigenvalue weighted by Gasteiger charge is 2.11. The van der Waals surface area contributed by atoms with E-state index in [1.165, 1.54) is 24.3 Å². The molecule has 0 amide bonds. The fourth-order valence-corrected chi connectivity index (χ4v) is 2.01. The summed E-state index contributed by atoms with van der Waals surface area (Å²) in [5, 5.41) is 0.319. The van der Waals surface area contributed by atoms with Gasteiger partial charge >= 0.3 is 5.97 Å². The minimum Gasteiger partial charge on any atom is -0.421 e. The van der Waals surface area contributed by atoms with E-state index >= 15 is 0 Å². The number of ether oxygens (including phenoxy) is 1. The van der Waals surface area contributed by atoms with Crippen LogP contribution in [0.1, 0.15) is 10.4 Å². The van der Waals surface area contributed by atoms with Gasteiger partial charge in [-0.05, 0) is 42.5 Å². The number of carbonyl (C=O) groups excluding carboxylic acids is 1. The maximum atomic E-state index is 12.7. The van der Waals surface area contributed by atoms with Crippen molar-refractivity contribution in [1.29, 1.82) is 0 Å². The molecule has 0 unspecified atom stereocenters. The summed E-state index contributed by atoms with van der Waals surface area (Å²) in [6.45, 7) is 0. The van der Waals surface area contributed by atoms with E-state index in [9.17, 15) is 9.18 Å². The van der Waals surface area contributed by atoms with E-state index in [2.05, 4.69) is 15.9 Å². The van der Waals surface area contributed by atoms with Crippen LogP contribution in [0.5, 0.6) is 5.75 Å². The highest BCUT2D eigenvalue weighted by molar-refractivity contribution is 9.10. The molecule has 2 aromatic rings. The first-order valence-corrected chi connectivity index (χ1v) is 6.16. The number of halogens is 3. The lowest BCUT2D eigenvalue weighted by atomic mass is 10.2. The fraction of sp³-hybridized carbons (Fsp3) is 0. The molecule has 92 valence electrons. The van der Waals surface area contributed by atoms with Gasteiger partial charge in [-0.15, -0.1) is 0 Å². The van der Waals surface area contributed by atoms with Crippen molar-refractivity contribution < 1.29 is 13.9 Å². The average Bonchev–Trinajstić information content (AvgIpc) is 2.33. The van der Waals surface area contributed by atoms with Crippen LogP contribution in [0.3, 0.4) is 0 Å². The van der Waals surface area contributed by atoms with Crippen LogP contribution in [0.2, 0.25) is 5.02 Å². The van der Waals surface area contributed by atoms with E-state index in [0.29, 0.717) is 5.02 Å². The second kappa shape index (κ2) is 5.50. The molecule has 0 aliphatic rings. The number of rotatable bonds is 2. The lowest BCUT2D eigenvalue weighted by molar-refractivity contribution is 0.0735. The summed E-state index contributed by atoms with van der Waals surface area (Å²) in [7, 11) is 0. The van der Waals surface area contributed by atoms with E-state index in [4.69, 9.17) is 16.3 Å². The van der Waals surface area contributed by atoms with Crippen LogP contribution in [-0.4, -0.2) is 5.97 Å². The molecule has 0 radical (unpaired) electrons. The Hall–Kier alpha value is -1.39. The lowest BCUT2D eigenvalue weighted by Gasteiger charge is -2.06. The third-order valence-electron chi connectivity index (χ3n) is 2.18. The van der Waals surface area contributed by atoms with Gasteiger partial charge in [0.15, 0.2) is 0 Å². The van der Waals surface area contributed by atoms with Gasteiger partial charge < -0.3 is 4.74 Å². The largest absolute Gasteiger partial charge is 0.421 e. The van der Waals surface area contributed by atoms with Crippen LogP contribution in [0.25, 0.3) is 0 Å². The Kier molecular flexibility index (Phi) is 3.99. The van der Waals surface area contributed by atoms with E-state index in [1.54, 1.807) is 18.2 Å². The molecule has 0 heterocycles. The van der Waals surface area contributed by atoms with Crippen LogP contribution >= 0.6 is 27.5 Å². The molecule has 18 heavy (non-hydrogen) atoms. The van der Waals surface area contributed by atoms with Crippen molar-refractivity contribution in [3.05, 3.63) is 63.3 Å². The summed E-state index contributed by atoms with van der Waals surface area (Å²) < 4.78 is 18.6. The van der Waals surface area contributed by atoms with Crippen molar-refractivity contribution in [3.63, 3.8) is 0 Å². The van der Waals surface area contributed by atoms with E-state index in [0.717, 1.165) is 4.47 Å². The third kappa shape index (κ3) is 3.09. The monoisotopic (exact) mass is 328 g/mol. The first-order valence-electron chi connectivity index (χ1n) is 4.99. The Morgan fingerprint density at radius 3 is 2.44 bits per heavy atom.